The van der Waals surface area contributed by atoms with Gasteiger partial charge in [0.05, 0.1) is 0 Å². The third-order valence-corrected chi connectivity index (χ3v) is 2.09. The summed E-state index contributed by atoms with van der Waals surface area (Å²) in [5.41, 5.74) is 0. The van der Waals surface area contributed by atoms with E-state index in [9.17, 15) is 0 Å². The fourth-order valence-electron chi connectivity index (χ4n) is 1.27. The van der Waals surface area contributed by atoms with Crippen LogP contribution in [0.5, 0.6) is 0 Å². The molecule has 14 heavy (non-hydrogen) atoms. The van der Waals surface area contributed by atoms with Gasteiger partial charge in [-0.15, -0.1) is 0 Å². The van der Waals surface area contributed by atoms with Crippen LogP contribution in [-0.2, 0) is 0 Å². The minimum absolute atomic E-state index is 0.332. The molecule has 0 bridgehead atoms. The van der Waals surface area contributed by atoms with Crippen LogP contribution in [-0.4, -0.2) is 37.4 Å². The van der Waals surface area contributed by atoms with Gasteiger partial charge in [0.25, 0.3) is 0 Å². The van der Waals surface area contributed by atoms with Crippen molar-refractivity contribution < 1.29 is 5.11 Å². The van der Waals surface area contributed by atoms with Crippen molar-refractivity contribution in [2.45, 2.75) is 45.6 Å². The average Bonchev–Trinajstić information content (AvgIpc) is 2.15. The highest BCUT2D eigenvalue weighted by atomic mass is 16.2. The summed E-state index contributed by atoms with van der Waals surface area (Å²) in [4.78, 5) is 0. The van der Waals surface area contributed by atoms with E-state index >= 15 is 0 Å². The van der Waals surface area contributed by atoms with Crippen molar-refractivity contribution in [3.05, 3.63) is 0 Å². The predicted molar refractivity (Wildman–Crippen MR) is 61.6 cm³/mol. The Morgan fingerprint density at radius 3 is 2.29 bits per heavy atom. The highest BCUT2D eigenvalue weighted by Crippen LogP contribution is 1.91. The van der Waals surface area contributed by atoms with E-state index in [1.165, 1.54) is 12.8 Å². The molecule has 0 rings (SSSR count). The molecule has 0 aromatic carbocycles. The van der Waals surface area contributed by atoms with Crippen LogP contribution in [0.1, 0.15) is 39.5 Å². The van der Waals surface area contributed by atoms with Gasteiger partial charge in [-0.3, -0.25) is 0 Å². The number of hydrogen-bond donors (Lipinski definition) is 3. The second-order valence-corrected chi connectivity index (χ2v) is 4.00. The van der Waals surface area contributed by atoms with Gasteiger partial charge in [0.2, 0.25) is 0 Å². The lowest BCUT2D eigenvalue weighted by molar-refractivity contribution is 0.283. The highest BCUT2D eigenvalue weighted by Gasteiger charge is 1.92. The van der Waals surface area contributed by atoms with Crippen LogP contribution in [0, 0.1) is 0 Å². The minimum atomic E-state index is 0.332. The third kappa shape index (κ3) is 11.9. The molecule has 0 radical (unpaired) electrons. The van der Waals surface area contributed by atoms with Gasteiger partial charge in [-0.25, -0.2) is 0 Å². The maximum atomic E-state index is 8.56. The lowest BCUT2D eigenvalue weighted by atomic mass is 10.2. The van der Waals surface area contributed by atoms with E-state index in [-0.39, 0.29) is 0 Å². The van der Waals surface area contributed by atoms with Gasteiger partial charge in [-0.05, 0) is 45.3 Å². The molecule has 0 fully saturated rings. The Hall–Kier alpha value is -0.120. The lowest BCUT2D eigenvalue weighted by Gasteiger charge is -2.08. The van der Waals surface area contributed by atoms with E-state index in [1.807, 2.05) is 0 Å². The molecular formula is C11H26N2O. The van der Waals surface area contributed by atoms with E-state index in [4.69, 9.17) is 5.11 Å². The number of aliphatic hydroxyl groups excluding tert-OH is 1. The van der Waals surface area contributed by atoms with Gasteiger partial charge in [0.1, 0.15) is 0 Å². The van der Waals surface area contributed by atoms with Gasteiger partial charge >= 0.3 is 0 Å². The number of rotatable bonds is 10. The van der Waals surface area contributed by atoms with Crippen LogP contribution in [0.2, 0.25) is 0 Å². The molecule has 3 N–H and O–H groups in total. The molecule has 0 aromatic heterocycles. The first-order valence-electron chi connectivity index (χ1n) is 5.82. The number of unbranched alkanes of at least 4 members (excludes halogenated alkanes) is 2. The number of aliphatic hydroxyl groups is 1. The molecule has 0 spiro atoms. The van der Waals surface area contributed by atoms with E-state index < -0.39 is 0 Å². The van der Waals surface area contributed by atoms with Crippen molar-refractivity contribution in [2.75, 3.05) is 26.2 Å². The first-order chi connectivity index (χ1) is 6.77. The van der Waals surface area contributed by atoms with Crippen molar-refractivity contribution in [2.24, 2.45) is 0 Å². The molecule has 0 saturated heterocycles. The number of hydrogen-bond acceptors (Lipinski definition) is 3. The first-order valence-corrected chi connectivity index (χ1v) is 5.82. The summed E-state index contributed by atoms with van der Waals surface area (Å²) in [5.74, 6) is 0. The van der Waals surface area contributed by atoms with Crippen molar-refractivity contribution in [1.29, 1.82) is 0 Å². The SMILES string of the molecule is CC(C)NCCCNCCCCCO. The van der Waals surface area contributed by atoms with Crippen LogP contribution in [0.15, 0.2) is 0 Å². The second-order valence-electron chi connectivity index (χ2n) is 4.00. The summed E-state index contributed by atoms with van der Waals surface area (Å²) in [6.45, 7) is 7.95. The molecule has 3 heteroatoms. The van der Waals surface area contributed by atoms with Crippen molar-refractivity contribution >= 4 is 0 Å². The summed E-state index contributed by atoms with van der Waals surface area (Å²) in [5, 5.41) is 15.3. The van der Waals surface area contributed by atoms with E-state index in [1.54, 1.807) is 0 Å². The topological polar surface area (TPSA) is 44.3 Å². The monoisotopic (exact) mass is 202 g/mol. The molecular weight excluding hydrogens is 176 g/mol. The third-order valence-electron chi connectivity index (χ3n) is 2.09. The molecule has 0 heterocycles. The van der Waals surface area contributed by atoms with Gasteiger partial charge in [-0.1, -0.05) is 13.8 Å². The maximum Gasteiger partial charge on any atom is 0.0431 e. The molecule has 86 valence electrons. The Kier molecular flexibility index (Phi) is 10.9. The maximum absolute atomic E-state index is 8.56. The van der Waals surface area contributed by atoms with Crippen LogP contribution in [0.4, 0.5) is 0 Å². The van der Waals surface area contributed by atoms with Crippen molar-refractivity contribution in [3.63, 3.8) is 0 Å². The lowest BCUT2D eigenvalue weighted by Crippen LogP contribution is -2.27. The summed E-state index contributed by atoms with van der Waals surface area (Å²) >= 11 is 0. The predicted octanol–water partition coefficient (Wildman–Crippen LogP) is 1.13. The molecule has 0 unspecified atom stereocenters. The minimum Gasteiger partial charge on any atom is -0.396 e. The fraction of sp³-hybridized carbons (Fsp3) is 1.00. The van der Waals surface area contributed by atoms with Gasteiger partial charge in [-0.2, -0.15) is 0 Å². The quantitative estimate of drug-likeness (QED) is 0.465. The largest absolute Gasteiger partial charge is 0.396 e. The standard InChI is InChI=1S/C11H26N2O/c1-11(2)13-9-6-8-12-7-4-3-5-10-14/h11-14H,3-10H2,1-2H3. The van der Waals surface area contributed by atoms with Crippen molar-refractivity contribution in [1.82, 2.24) is 10.6 Å². The van der Waals surface area contributed by atoms with Crippen LogP contribution >= 0.6 is 0 Å². The smallest absolute Gasteiger partial charge is 0.0431 e. The van der Waals surface area contributed by atoms with Crippen LogP contribution in [0.25, 0.3) is 0 Å². The first kappa shape index (κ1) is 13.9. The van der Waals surface area contributed by atoms with E-state index in [0.29, 0.717) is 12.6 Å². The zero-order chi connectivity index (χ0) is 10.6. The summed E-state index contributed by atoms with van der Waals surface area (Å²) < 4.78 is 0. The van der Waals surface area contributed by atoms with Crippen LogP contribution < -0.4 is 10.6 Å². The zero-order valence-electron chi connectivity index (χ0n) is 9.68. The Balaban J connectivity index is 2.85. The van der Waals surface area contributed by atoms with Crippen LogP contribution in [0.3, 0.4) is 0 Å². The van der Waals surface area contributed by atoms with Gasteiger partial charge in [0.15, 0.2) is 0 Å². The molecule has 0 aliphatic rings. The molecule has 3 nitrogen and oxygen atoms in total. The summed E-state index contributed by atoms with van der Waals surface area (Å²) in [6, 6.07) is 0.597. The van der Waals surface area contributed by atoms with Crippen molar-refractivity contribution in [3.8, 4) is 0 Å². The molecule has 0 aromatic rings. The molecule has 0 aliphatic heterocycles. The molecule has 0 aliphatic carbocycles. The zero-order valence-corrected chi connectivity index (χ0v) is 9.68. The Bertz CT molecular complexity index is 107. The Morgan fingerprint density at radius 2 is 1.64 bits per heavy atom. The molecule has 0 amide bonds. The Morgan fingerprint density at radius 1 is 0.929 bits per heavy atom. The highest BCUT2D eigenvalue weighted by molar-refractivity contribution is 4.55. The fourth-order valence-corrected chi connectivity index (χ4v) is 1.27. The van der Waals surface area contributed by atoms with Gasteiger partial charge in [0, 0.05) is 12.6 Å². The summed E-state index contributed by atoms with van der Waals surface area (Å²) in [7, 11) is 0. The average molecular weight is 202 g/mol. The van der Waals surface area contributed by atoms with E-state index in [0.717, 1.165) is 32.5 Å². The molecule has 0 atom stereocenters. The second kappa shape index (κ2) is 11.0. The Labute approximate surface area is 88.3 Å². The normalized spacial score (nSPS) is 11.1. The summed E-state index contributed by atoms with van der Waals surface area (Å²) in [6.07, 6.45) is 4.45. The molecule has 0 saturated carbocycles. The van der Waals surface area contributed by atoms with E-state index in [2.05, 4.69) is 24.5 Å². The number of nitrogens with one attached hydrogen (secondary N) is 2. The van der Waals surface area contributed by atoms with Gasteiger partial charge < -0.3 is 15.7 Å².